The summed E-state index contributed by atoms with van der Waals surface area (Å²) in [5.41, 5.74) is 4.40. The van der Waals surface area contributed by atoms with Crippen LogP contribution in [0.2, 0.25) is 0 Å². The van der Waals surface area contributed by atoms with Crippen LogP contribution in [-0.2, 0) is 122 Å². The lowest BCUT2D eigenvalue weighted by Gasteiger charge is -2.41. The largest absolute Gasteiger partial charge is 0.481 e. The van der Waals surface area contributed by atoms with Crippen molar-refractivity contribution in [3.05, 3.63) is 129 Å². The number of sulfone groups is 1. The first kappa shape index (κ1) is 115. The lowest BCUT2D eigenvalue weighted by atomic mass is 9.77. The van der Waals surface area contributed by atoms with Crippen molar-refractivity contribution in [2.24, 2.45) is 11.8 Å². The zero-order valence-corrected chi connectivity index (χ0v) is 86.1. The number of hydrogen-bond acceptors (Lipinski definition) is 28. The van der Waals surface area contributed by atoms with E-state index in [2.05, 4.69) is 105 Å². The van der Waals surface area contributed by atoms with Crippen LogP contribution >= 0.6 is 0 Å². The number of aliphatic carboxylic acids is 4. The first-order chi connectivity index (χ1) is 70.6. The molecule has 148 heavy (non-hydrogen) atoms. The van der Waals surface area contributed by atoms with E-state index in [1.54, 1.807) is 29.0 Å². The van der Waals surface area contributed by atoms with Crippen molar-refractivity contribution in [3.63, 3.8) is 0 Å². The second-order valence-corrected chi connectivity index (χ2v) is 42.4. The first-order valence-electron chi connectivity index (χ1n) is 52.0. The van der Waals surface area contributed by atoms with E-state index in [9.17, 15) is 116 Å². The number of aliphatic hydroxyl groups is 4. The zero-order valence-electron chi connectivity index (χ0n) is 85.3. The van der Waals surface area contributed by atoms with Gasteiger partial charge in [-0.25, -0.2) is 57.1 Å². The number of carboxylic acid groups (broad SMARTS) is 4. The lowest BCUT2D eigenvalue weighted by molar-refractivity contribution is -0.158. The van der Waals surface area contributed by atoms with Crippen molar-refractivity contribution in [3.8, 4) is 0 Å². The van der Waals surface area contributed by atoms with E-state index in [0.717, 1.165) is 175 Å². The molecule has 4 unspecified atom stereocenters. The smallest absolute Gasteiger partial charge is 0.329 e. The molecule has 810 valence electrons. The van der Waals surface area contributed by atoms with Gasteiger partial charge >= 0.3 is 42.0 Å². The minimum atomic E-state index is -3.39. The average molecular weight is 2080 g/mol. The van der Waals surface area contributed by atoms with E-state index < -0.39 is 116 Å². The standard InChI is InChI=1S/C28H37N5O5.C27H38N4O6.C25H38N6O6.C23H35N5O7S/c1-2-20-9-5-10-22(30-20)26(35)32-24(27(36)37)28(38)14-17-33(18-15-28)23(34)11-4-3-8-21-13-12-19-7-6-16-29-25(19)31-21;32-21(17-29-24(33)19-7-8-19)16-22(25(34)35)27(37)11-14-31(15-12-27)26(36)28-13-3-5-20-10-9-18-4-1-2-6-23(18)30-20;1-17(32)30(2)14-9-20(33)29-21(23(34)35)25(37)10-15-31(16-11-25)24(36)27-13-4-6-19-8-7-18-5-3-12-26-22(18)28-19;1-36(34,35)15-8-18(29)27-19(21(30)31)23(33)9-13-28(14-10-23)22(32)25-12-3-5-17-7-6-16-4-2-11-24-20(16)26-17/h5,9-10,12-13,24,38H,2-4,6-8,11,14-18H2,1H3,(H,29,31)(H,32,35)(H,36,37);9-10,19,22,37H,1-8,11-17H2,(H,28,36)(H,29,33)(H,34,35);7-8,21,37H,3-6,9-16H2,1-2H3,(H,26,28)(H,27,36)(H,29,33)(H,34,35);6-7,19,33H,2-5,8-15H2,1H3,(H,24,26)(H,25,32)(H,27,29)(H,30,31). The Balaban J connectivity index is 0.000000187. The molecule has 5 fully saturated rings. The molecule has 1 saturated carbocycles. The number of urea groups is 3. The van der Waals surface area contributed by atoms with Crippen molar-refractivity contribution in [1.82, 2.24) is 86.6 Å². The number of carbonyl (C=O) groups is 14. The molecule has 0 aromatic carbocycles. The van der Waals surface area contributed by atoms with Crippen molar-refractivity contribution in [1.29, 1.82) is 0 Å². The van der Waals surface area contributed by atoms with Crippen LogP contribution in [0.15, 0.2) is 66.7 Å². The lowest BCUT2D eigenvalue weighted by Crippen LogP contribution is -2.62. The fraction of sp³-hybridized carbons (Fsp3) is 0.621. The van der Waals surface area contributed by atoms with Crippen LogP contribution in [0.1, 0.15) is 235 Å². The molecule has 44 nitrogen and oxygen atoms in total. The summed E-state index contributed by atoms with van der Waals surface area (Å²) < 4.78 is 22.5. The van der Waals surface area contributed by atoms with Gasteiger partial charge in [-0.05, 0) is 251 Å². The van der Waals surface area contributed by atoms with Gasteiger partial charge in [-0.3, -0.25) is 43.3 Å². The average Bonchev–Trinajstić information content (AvgIpc) is 1.07. The minimum absolute atomic E-state index is 0.0105. The molecular formula is C103H148N20O24S. The minimum Gasteiger partial charge on any atom is -0.481 e. The summed E-state index contributed by atoms with van der Waals surface area (Å²) in [5.74, 6) is -7.04. The fourth-order valence-corrected chi connectivity index (χ4v) is 19.9. The first-order valence-corrected chi connectivity index (χ1v) is 54.0. The number of nitrogens with one attached hydrogen (secondary N) is 10. The maximum absolute atomic E-state index is 12.8. The summed E-state index contributed by atoms with van der Waals surface area (Å²) in [6.07, 6.45) is 20.8. The molecular weight excluding hydrogens is 1930 g/mol. The number of anilines is 3. The number of aryl methyl sites for hydroxylation is 10. The molecule has 12 heterocycles. The Labute approximate surface area is 862 Å². The number of aromatic nitrogens is 5. The van der Waals surface area contributed by atoms with Gasteiger partial charge in [-0.15, -0.1) is 0 Å². The molecule has 9 aliphatic rings. The van der Waals surface area contributed by atoms with E-state index in [1.807, 2.05) is 19.1 Å². The van der Waals surface area contributed by atoms with Crippen molar-refractivity contribution in [2.75, 3.05) is 140 Å². The van der Waals surface area contributed by atoms with Crippen LogP contribution in [0.3, 0.4) is 0 Å². The van der Waals surface area contributed by atoms with Crippen molar-refractivity contribution >= 4 is 110 Å². The van der Waals surface area contributed by atoms with Gasteiger partial charge in [0.1, 0.15) is 33.0 Å². The number of piperidine rings is 4. The number of fused-ring (bicyclic) bond motifs is 4. The molecule has 0 spiro atoms. The topological polar surface area (TPSA) is 636 Å². The number of Topliss-reactive ketones (excluding diaryl/α,β-unsaturated/α-hetero) is 1. The van der Waals surface area contributed by atoms with Gasteiger partial charge in [0.2, 0.25) is 29.5 Å². The number of nitrogens with zero attached hydrogens (tertiary/aromatic N) is 10. The summed E-state index contributed by atoms with van der Waals surface area (Å²) >= 11 is 0. The quantitative estimate of drug-likeness (QED) is 0.0244. The Bertz CT molecular complexity index is 5580. The van der Waals surface area contributed by atoms with Gasteiger partial charge in [0.05, 0.1) is 40.6 Å². The number of hydrogen-bond donors (Lipinski definition) is 18. The summed E-state index contributed by atoms with van der Waals surface area (Å²) in [4.78, 5) is 201. The number of carboxylic acids is 4. The van der Waals surface area contributed by atoms with Crippen LogP contribution in [0, 0.1) is 11.8 Å². The third-order valence-electron chi connectivity index (χ3n) is 28.9. The summed E-state index contributed by atoms with van der Waals surface area (Å²) in [6.45, 7) is 8.81. The molecule has 0 bridgehead atoms. The maximum Gasteiger partial charge on any atom is 0.329 e. The van der Waals surface area contributed by atoms with Crippen molar-refractivity contribution < 1.29 is 116 Å². The van der Waals surface area contributed by atoms with Crippen LogP contribution in [0.4, 0.5) is 31.8 Å². The Morgan fingerprint density at radius 3 is 1.26 bits per heavy atom. The molecule has 5 aromatic heterocycles. The highest BCUT2D eigenvalue weighted by atomic mass is 32.2. The van der Waals surface area contributed by atoms with Gasteiger partial charge < -0.3 is 119 Å². The van der Waals surface area contributed by atoms with Crippen molar-refractivity contribution in [2.45, 2.75) is 273 Å². The van der Waals surface area contributed by atoms with E-state index in [4.69, 9.17) is 9.97 Å². The van der Waals surface area contributed by atoms with Gasteiger partial charge in [-0.2, -0.15) is 0 Å². The summed E-state index contributed by atoms with van der Waals surface area (Å²) in [6, 6.07) is 16.2. The van der Waals surface area contributed by atoms with E-state index in [0.29, 0.717) is 51.0 Å². The normalized spacial score (nSPS) is 17.9. The zero-order chi connectivity index (χ0) is 107. The number of unbranched alkanes of at least 4 members (excludes halogenated alkanes) is 1. The van der Waals surface area contributed by atoms with E-state index in [1.165, 1.54) is 68.5 Å². The molecule has 4 saturated heterocycles. The molecule has 45 heteroatoms. The third kappa shape index (κ3) is 34.9. The number of pyridine rings is 5. The Morgan fingerprint density at radius 1 is 0.446 bits per heavy atom. The van der Waals surface area contributed by atoms with Gasteiger partial charge in [0.25, 0.3) is 5.91 Å². The number of carbonyl (C=O) groups excluding carboxylic acids is 10. The molecule has 4 atom stereocenters. The SMILES string of the molecule is CC(=O)N(C)CCC(=O)NC(C(=O)O)C1(O)CCN(C(=O)NCCCc2ccc3c(n2)NCCC3)CC1.CCc1cccc(C(=O)NC(C(=O)O)C2(O)CCN(C(=O)CCCCc3ccc4c(n3)NCCC4)CC2)n1.CS(=O)(=O)CCC(=O)NC(C(=O)O)C1(O)CCN(C(=O)NCCCc2ccc3c(n2)NCCC3)CC1.O=C(CNC(=O)C1CC1)CC(C(=O)O)C1(O)CCN(C(=O)NCCCc2ccc3c(n2)CCCC3)CC1. The molecule has 5 aromatic rings. The van der Waals surface area contributed by atoms with E-state index in [-0.39, 0.29) is 177 Å². The van der Waals surface area contributed by atoms with E-state index >= 15 is 0 Å². The Hall–Kier alpha value is -12.9. The van der Waals surface area contributed by atoms with Crippen LogP contribution < -0.4 is 53.2 Å². The third-order valence-corrected chi connectivity index (χ3v) is 29.8. The summed E-state index contributed by atoms with van der Waals surface area (Å²) in [7, 11) is -1.85. The summed E-state index contributed by atoms with van der Waals surface area (Å²) in [5, 5.41) is 111. The Morgan fingerprint density at radius 2 is 0.845 bits per heavy atom. The monoisotopic (exact) mass is 2080 g/mol. The molecule has 18 N–H and O–H groups in total. The predicted molar refractivity (Wildman–Crippen MR) is 545 cm³/mol. The second-order valence-electron chi connectivity index (χ2n) is 40.1. The highest BCUT2D eigenvalue weighted by Gasteiger charge is 2.50. The highest BCUT2D eigenvalue weighted by Crippen LogP contribution is 2.36. The highest BCUT2D eigenvalue weighted by molar-refractivity contribution is 7.90. The van der Waals surface area contributed by atoms with Crippen LogP contribution in [0.5, 0.6) is 0 Å². The van der Waals surface area contributed by atoms with Crippen LogP contribution in [-0.4, -0.2) is 346 Å². The molecule has 0 radical (unpaired) electrons. The molecule has 14 rings (SSSR count). The maximum atomic E-state index is 12.8. The number of likely N-dealkylation sites (tertiary alicyclic amines) is 4. The number of ketones is 1. The molecule has 7 aliphatic heterocycles. The fourth-order valence-electron chi connectivity index (χ4n) is 19.3. The molecule has 12 amide bonds. The van der Waals surface area contributed by atoms with Gasteiger partial charge in [-0.1, -0.05) is 37.3 Å². The molecule has 2 aliphatic carbocycles. The van der Waals surface area contributed by atoms with Gasteiger partial charge in [0, 0.05) is 184 Å². The van der Waals surface area contributed by atoms with Gasteiger partial charge in [0.15, 0.2) is 23.9 Å². The Kier molecular flexibility index (Phi) is 42.8. The number of rotatable bonds is 41. The second kappa shape index (κ2) is 54.9. The number of amides is 12. The predicted octanol–water partition coefficient (Wildman–Crippen LogP) is 4.22. The van der Waals surface area contributed by atoms with Crippen LogP contribution in [0.25, 0.3) is 0 Å².